The highest BCUT2D eigenvalue weighted by atomic mass is 32.2. The molecule has 1 aromatic carbocycles. The van der Waals surface area contributed by atoms with E-state index < -0.39 is 9.84 Å². The number of thioether (sulfide) groups is 1. The van der Waals surface area contributed by atoms with Gasteiger partial charge in [-0.05, 0) is 24.5 Å². The second-order valence-electron chi connectivity index (χ2n) is 3.73. The fraction of sp³-hybridized carbons (Fsp3) is 0.167. The summed E-state index contributed by atoms with van der Waals surface area (Å²) in [6.07, 6.45) is 4.79. The Morgan fingerprint density at radius 3 is 2.33 bits per heavy atom. The van der Waals surface area contributed by atoms with E-state index in [2.05, 4.69) is 9.97 Å². The number of aromatic nitrogens is 2. The van der Waals surface area contributed by atoms with Gasteiger partial charge in [-0.25, -0.2) is 18.4 Å². The van der Waals surface area contributed by atoms with Gasteiger partial charge in [-0.1, -0.05) is 23.9 Å². The molecule has 0 aliphatic carbocycles. The predicted octanol–water partition coefficient (Wildman–Crippen LogP) is 2.27. The third kappa shape index (κ3) is 2.88. The van der Waals surface area contributed by atoms with Crippen LogP contribution in [-0.2, 0) is 9.84 Å². The number of nitrogens with zero attached hydrogens (tertiary/aromatic N) is 2. The van der Waals surface area contributed by atoms with Gasteiger partial charge >= 0.3 is 0 Å². The molecule has 0 bridgehead atoms. The lowest BCUT2D eigenvalue weighted by Crippen LogP contribution is -1.96. The van der Waals surface area contributed by atoms with E-state index in [9.17, 15) is 8.42 Å². The van der Waals surface area contributed by atoms with Gasteiger partial charge in [0, 0.05) is 18.0 Å². The molecular weight excluding hydrogens is 268 g/mol. The summed E-state index contributed by atoms with van der Waals surface area (Å²) in [5.41, 5.74) is 1.66. The number of hydrogen-bond donors (Lipinski definition) is 0. The van der Waals surface area contributed by atoms with E-state index in [4.69, 9.17) is 0 Å². The van der Waals surface area contributed by atoms with Crippen LogP contribution in [0, 0.1) is 0 Å². The number of hydrogen-bond acceptors (Lipinski definition) is 5. The topological polar surface area (TPSA) is 59.9 Å². The van der Waals surface area contributed by atoms with Crippen LogP contribution in [0.5, 0.6) is 0 Å². The maximum absolute atomic E-state index is 11.4. The molecule has 0 atom stereocenters. The lowest BCUT2D eigenvalue weighted by Gasteiger charge is -2.03. The fourth-order valence-electron chi connectivity index (χ4n) is 1.47. The summed E-state index contributed by atoms with van der Waals surface area (Å²) in [5, 5.41) is 0.694. The van der Waals surface area contributed by atoms with Crippen molar-refractivity contribution in [1.29, 1.82) is 0 Å². The average Bonchev–Trinajstić information content (AvgIpc) is 2.38. The summed E-state index contributed by atoms with van der Waals surface area (Å²) in [4.78, 5) is 8.76. The van der Waals surface area contributed by atoms with Crippen LogP contribution < -0.4 is 0 Å². The molecule has 2 rings (SSSR count). The molecule has 18 heavy (non-hydrogen) atoms. The highest BCUT2D eigenvalue weighted by Crippen LogP contribution is 2.20. The summed E-state index contributed by atoms with van der Waals surface area (Å²) in [5.74, 6) is 0. The van der Waals surface area contributed by atoms with Crippen molar-refractivity contribution in [2.45, 2.75) is 10.1 Å². The van der Waals surface area contributed by atoms with Crippen LogP contribution in [-0.4, -0.2) is 30.9 Å². The Morgan fingerprint density at radius 2 is 1.78 bits per heavy atom. The standard InChI is InChI=1S/C12H12N2O2S2/c1-17-12-13-8-7-11(14-12)9-3-5-10(6-4-9)18(2,15)16/h3-8H,1-2H3. The van der Waals surface area contributed by atoms with Crippen molar-refractivity contribution in [2.24, 2.45) is 0 Å². The number of rotatable bonds is 3. The molecule has 0 saturated heterocycles. The first-order chi connectivity index (χ1) is 8.50. The SMILES string of the molecule is CSc1nccc(-c2ccc(S(C)(=O)=O)cc2)n1. The van der Waals surface area contributed by atoms with Gasteiger partial charge in [-0.3, -0.25) is 0 Å². The Bertz CT molecular complexity index is 652. The molecule has 6 heteroatoms. The van der Waals surface area contributed by atoms with Crippen molar-refractivity contribution in [3.8, 4) is 11.3 Å². The molecule has 0 aliphatic heterocycles. The molecular formula is C12H12N2O2S2. The Balaban J connectivity index is 2.40. The highest BCUT2D eigenvalue weighted by molar-refractivity contribution is 7.98. The van der Waals surface area contributed by atoms with Crippen LogP contribution in [0.3, 0.4) is 0 Å². The van der Waals surface area contributed by atoms with Crippen molar-refractivity contribution in [3.63, 3.8) is 0 Å². The van der Waals surface area contributed by atoms with Crippen LogP contribution >= 0.6 is 11.8 Å². The second kappa shape index (κ2) is 5.07. The first-order valence-corrected chi connectivity index (χ1v) is 8.30. The van der Waals surface area contributed by atoms with Crippen molar-refractivity contribution >= 4 is 21.6 Å². The van der Waals surface area contributed by atoms with E-state index in [0.29, 0.717) is 10.1 Å². The highest BCUT2D eigenvalue weighted by Gasteiger charge is 2.07. The van der Waals surface area contributed by atoms with E-state index in [1.807, 2.05) is 6.26 Å². The van der Waals surface area contributed by atoms with E-state index in [1.165, 1.54) is 18.0 Å². The maximum atomic E-state index is 11.4. The van der Waals surface area contributed by atoms with E-state index in [1.54, 1.807) is 36.5 Å². The monoisotopic (exact) mass is 280 g/mol. The van der Waals surface area contributed by atoms with E-state index in [0.717, 1.165) is 11.3 Å². The molecule has 0 unspecified atom stereocenters. The van der Waals surface area contributed by atoms with Gasteiger partial charge in [0.25, 0.3) is 0 Å². The summed E-state index contributed by atoms with van der Waals surface area (Å²) >= 11 is 1.47. The van der Waals surface area contributed by atoms with Crippen LogP contribution in [0.15, 0.2) is 46.6 Å². The molecule has 4 nitrogen and oxygen atoms in total. The summed E-state index contributed by atoms with van der Waals surface area (Å²) in [6, 6.07) is 8.48. The molecule has 0 saturated carbocycles. The van der Waals surface area contributed by atoms with Gasteiger partial charge in [0.1, 0.15) is 0 Å². The van der Waals surface area contributed by atoms with Crippen molar-refractivity contribution in [3.05, 3.63) is 36.5 Å². The van der Waals surface area contributed by atoms with Crippen molar-refractivity contribution in [2.75, 3.05) is 12.5 Å². The molecule has 2 aromatic rings. The van der Waals surface area contributed by atoms with Gasteiger partial charge < -0.3 is 0 Å². The maximum Gasteiger partial charge on any atom is 0.187 e. The molecule has 94 valence electrons. The van der Waals surface area contributed by atoms with E-state index >= 15 is 0 Å². The van der Waals surface area contributed by atoms with Crippen LogP contribution in [0.2, 0.25) is 0 Å². The third-order valence-corrected chi connectivity index (χ3v) is 4.08. The summed E-state index contributed by atoms with van der Waals surface area (Å²) < 4.78 is 22.7. The van der Waals surface area contributed by atoms with Crippen molar-refractivity contribution in [1.82, 2.24) is 9.97 Å². The normalized spacial score (nSPS) is 11.4. The minimum absolute atomic E-state index is 0.311. The van der Waals surface area contributed by atoms with E-state index in [-0.39, 0.29) is 0 Å². The van der Waals surface area contributed by atoms with Crippen molar-refractivity contribution < 1.29 is 8.42 Å². The molecule has 0 aliphatic rings. The third-order valence-electron chi connectivity index (χ3n) is 2.39. The molecule has 1 aromatic heterocycles. The fourth-order valence-corrected chi connectivity index (χ4v) is 2.46. The van der Waals surface area contributed by atoms with Gasteiger partial charge in [0.15, 0.2) is 15.0 Å². The molecule has 1 heterocycles. The average molecular weight is 280 g/mol. The van der Waals surface area contributed by atoms with Crippen LogP contribution in [0.1, 0.15) is 0 Å². The zero-order chi connectivity index (χ0) is 13.2. The Kier molecular flexibility index (Phi) is 3.68. The minimum Gasteiger partial charge on any atom is -0.231 e. The Morgan fingerprint density at radius 1 is 1.11 bits per heavy atom. The molecule has 0 N–H and O–H groups in total. The summed E-state index contributed by atoms with van der Waals surface area (Å²) in [6.45, 7) is 0. The Labute approximate surface area is 110 Å². The van der Waals surface area contributed by atoms with Gasteiger partial charge in [-0.15, -0.1) is 0 Å². The van der Waals surface area contributed by atoms with Gasteiger partial charge in [0.05, 0.1) is 10.6 Å². The Hall–Kier alpha value is -1.40. The molecule has 0 radical (unpaired) electrons. The molecule has 0 fully saturated rings. The second-order valence-corrected chi connectivity index (χ2v) is 6.51. The first-order valence-electron chi connectivity index (χ1n) is 5.18. The number of sulfone groups is 1. The largest absolute Gasteiger partial charge is 0.231 e. The molecule has 0 amide bonds. The zero-order valence-electron chi connectivity index (χ0n) is 9.99. The van der Waals surface area contributed by atoms with Gasteiger partial charge in [0.2, 0.25) is 0 Å². The van der Waals surface area contributed by atoms with Crippen LogP contribution in [0.25, 0.3) is 11.3 Å². The lowest BCUT2D eigenvalue weighted by atomic mass is 10.1. The first kappa shape index (κ1) is 13.0. The number of benzene rings is 1. The molecule has 0 spiro atoms. The summed E-state index contributed by atoms with van der Waals surface area (Å²) in [7, 11) is -3.15. The minimum atomic E-state index is -3.15. The lowest BCUT2D eigenvalue weighted by molar-refractivity contribution is 0.602. The van der Waals surface area contributed by atoms with Gasteiger partial charge in [-0.2, -0.15) is 0 Å². The quantitative estimate of drug-likeness (QED) is 0.637. The smallest absolute Gasteiger partial charge is 0.187 e. The van der Waals surface area contributed by atoms with Crippen LogP contribution in [0.4, 0.5) is 0 Å². The zero-order valence-corrected chi connectivity index (χ0v) is 11.6. The predicted molar refractivity (Wildman–Crippen MR) is 72.4 cm³/mol.